The fourth-order valence-corrected chi connectivity index (χ4v) is 5.02. The Morgan fingerprint density at radius 2 is 1.97 bits per heavy atom. The number of ether oxygens (including phenoxy) is 2. The molecule has 2 aliphatic rings. The van der Waals surface area contributed by atoms with Crippen LogP contribution in [0.25, 0.3) is 22.3 Å². The molecule has 0 unspecified atom stereocenters. The number of nitriles is 1. The van der Waals surface area contributed by atoms with Crippen LogP contribution >= 0.6 is 0 Å². The van der Waals surface area contributed by atoms with E-state index in [1.165, 1.54) is 4.57 Å². The lowest BCUT2D eigenvalue weighted by Crippen LogP contribution is -2.44. The number of hydrogen-bond donors (Lipinski definition) is 1. The Balaban J connectivity index is 1.47. The third kappa shape index (κ3) is 3.13. The van der Waals surface area contributed by atoms with E-state index in [1.54, 1.807) is 31.2 Å². The van der Waals surface area contributed by atoms with Crippen LogP contribution < -0.4 is 10.3 Å². The summed E-state index contributed by atoms with van der Waals surface area (Å²) in [5, 5.41) is 21.8. The quantitative estimate of drug-likeness (QED) is 0.392. The number of pyridine rings is 2. The number of cyclic esters (lactones) is 1. The Bertz CT molecular complexity index is 1670. The molecule has 1 N–H and O–H groups in total. The number of rotatable bonds is 4. The Kier molecular flexibility index (Phi) is 4.92. The topological polar surface area (TPSA) is 114 Å². The van der Waals surface area contributed by atoms with Crippen LogP contribution in [0.5, 0.6) is 5.75 Å². The van der Waals surface area contributed by atoms with E-state index in [2.05, 4.69) is 6.07 Å². The molecule has 0 bridgehead atoms. The molecule has 6 rings (SSSR count). The van der Waals surface area contributed by atoms with Crippen molar-refractivity contribution in [2.45, 2.75) is 38.7 Å². The first-order valence-electron chi connectivity index (χ1n) is 11.6. The maximum atomic E-state index is 13.4. The maximum absolute atomic E-state index is 13.4. The van der Waals surface area contributed by atoms with Crippen molar-refractivity contribution in [1.82, 2.24) is 9.55 Å². The van der Waals surface area contributed by atoms with E-state index in [4.69, 9.17) is 14.5 Å². The van der Waals surface area contributed by atoms with Gasteiger partial charge in [0, 0.05) is 16.5 Å². The van der Waals surface area contributed by atoms with Gasteiger partial charge in [-0.15, -0.1) is 0 Å². The van der Waals surface area contributed by atoms with Gasteiger partial charge in [-0.1, -0.05) is 37.3 Å². The standard InChI is InChI=1S/C28H21N3O5/c1-2-28(34)22-11-24-25-20(13-31(24)26(32)21(22)15-36-27(28)33)19(12-29)18-10-17(8-9-23(18)30-25)35-14-16-6-4-3-5-7-16/h3-11,34H,2,13-15H2,1H3/t28-/m0/s1. The van der Waals surface area contributed by atoms with Crippen LogP contribution in [-0.4, -0.2) is 20.6 Å². The third-order valence-electron chi connectivity index (χ3n) is 7.02. The molecule has 0 fully saturated rings. The summed E-state index contributed by atoms with van der Waals surface area (Å²) in [4.78, 5) is 30.5. The van der Waals surface area contributed by atoms with Gasteiger partial charge in [0.15, 0.2) is 5.60 Å². The van der Waals surface area contributed by atoms with Crippen molar-refractivity contribution in [2.24, 2.45) is 0 Å². The van der Waals surface area contributed by atoms with Crippen LogP contribution in [0.4, 0.5) is 0 Å². The second-order valence-electron chi connectivity index (χ2n) is 8.98. The predicted octanol–water partition coefficient (Wildman–Crippen LogP) is 3.53. The first-order chi connectivity index (χ1) is 17.4. The van der Waals surface area contributed by atoms with Crippen molar-refractivity contribution in [3.05, 3.63) is 92.8 Å². The number of fused-ring (bicyclic) bond motifs is 5. The molecule has 4 aromatic rings. The van der Waals surface area contributed by atoms with Crippen LogP contribution in [0, 0.1) is 11.3 Å². The van der Waals surface area contributed by atoms with E-state index >= 15 is 0 Å². The molecular weight excluding hydrogens is 458 g/mol. The van der Waals surface area contributed by atoms with E-state index < -0.39 is 11.6 Å². The second kappa shape index (κ2) is 8.04. The van der Waals surface area contributed by atoms with Crippen molar-refractivity contribution >= 4 is 16.9 Å². The Morgan fingerprint density at radius 1 is 1.17 bits per heavy atom. The summed E-state index contributed by atoms with van der Waals surface area (Å²) in [6, 6.07) is 19.1. The molecule has 1 atom stereocenters. The average Bonchev–Trinajstić information content (AvgIpc) is 3.27. The van der Waals surface area contributed by atoms with Gasteiger partial charge in [-0.05, 0) is 36.2 Å². The highest BCUT2D eigenvalue weighted by molar-refractivity contribution is 5.91. The molecule has 4 heterocycles. The minimum atomic E-state index is -1.90. The number of benzene rings is 2. The van der Waals surface area contributed by atoms with E-state index in [9.17, 15) is 20.0 Å². The van der Waals surface area contributed by atoms with Crippen LogP contribution in [0.3, 0.4) is 0 Å². The van der Waals surface area contributed by atoms with Gasteiger partial charge in [0.05, 0.1) is 34.6 Å². The van der Waals surface area contributed by atoms with Crippen molar-refractivity contribution in [2.75, 3.05) is 0 Å². The average molecular weight is 479 g/mol. The minimum Gasteiger partial charge on any atom is -0.489 e. The molecule has 0 saturated carbocycles. The highest BCUT2D eigenvalue weighted by atomic mass is 16.6. The number of esters is 1. The van der Waals surface area contributed by atoms with E-state index in [0.717, 1.165) is 5.56 Å². The van der Waals surface area contributed by atoms with Crippen LogP contribution in [0.2, 0.25) is 0 Å². The van der Waals surface area contributed by atoms with Crippen molar-refractivity contribution in [3.8, 4) is 23.2 Å². The molecule has 2 aliphatic heterocycles. The summed E-state index contributed by atoms with van der Waals surface area (Å²) in [5.74, 6) is -0.163. The van der Waals surface area contributed by atoms with Gasteiger partial charge in [0.2, 0.25) is 0 Å². The molecule has 0 spiro atoms. The molecule has 2 aromatic carbocycles. The lowest BCUT2D eigenvalue weighted by molar-refractivity contribution is -0.172. The lowest BCUT2D eigenvalue weighted by Gasteiger charge is -2.31. The predicted molar refractivity (Wildman–Crippen MR) is 130 cm³/mol. The summed E-state index contributed by atoms with van der Waals surface area (Å²) in [6.07, 6.45) is 0.0644. The van der Waals surface area contributed by atoms with E-state index in [1.807, 2.05) is 30.3 Å². The minimum absolute atomic E-state index is 0.0644. The van der Waals surface area contributed by atoms with E-state index in [0.29, 0.717) is 45.8 Å². The number of carbonyl (C=O) groups is 1. The highest BCUT2D eigenvalue weighted by Gasteiger charge is 2.45. The number of aliphatic hydroxyl groups is 1. The summed E-state index contributed by atoms with van der Waals surface area (Å²) in [7, 11) is 0. The molecule has 0 saturated heterocycles. The smallest absolute Gasteiger partial charge is 0.343 e. The summed E-state index contributed by atoms with van der Waals surface area (Å²) < 4.78 is 12.6. The molecule has 8 nitrogen and oxygen atoms in total. The molecule has 178 valence electrons. The third-order valence-corrected chi connectivity index (χ3v) is 7.02. The summed E-state index contributed by atoms with van der Waals surface area (Å²) in [5.41, 5.74) is 1.85. The number of carbonyl (C=O) groups excluding carboxylic acids is 1. The van der Waals surface area contributed by atoms with Crippen molar-refractivity contribution < 1.29 is 19.4 Å². The zero-order valence-electron chi connectivity index (χ0n) is 19.4. The fraction of sp³-hybridized carbons (Fsp3) is 0.214. The molecule has 36 heavy (non-hydrogen) atoms. The molecule has 0 amide bonds. The first kappa shape index (κ1) is 22.0. The Hall–Kier alpha value is -4.48. The normalized spacial score (nSPS) is 17.6. The molecule has 8 heteroatoms. The number of nitrogens with zero attached hydrogens (tertiary/aromatic N) is 3. The molecule has 2 aromatic heterocycles. The first-order valence-corrected chi connectivity index (χ1v) is 11.6. The Labute approximate surface area is 206 Å². The van der Waals surface area contributed by atoms with Gasteiger partial charge in [-0.3, -0.25) is 4.79 Å². The van der Waals surface area contributed by atoms with Crippen molar-refractivity contribution in [1.29, 1.82) is 5.26 Å². The highest BCUT2D eigenvalue weighted by Crippen LogP contribution is 2.40. The van der Waals surface area contributed by atoms with Gasteiger partial charge in [-0.25, -0.2) is 9.78 Å². The van der Waals surface area contributed by atoms with Crippen LogP contribution in [-0.2, 0) is 34.9 Å². The summed E-state index contributed by atoms with van der Waals surface area (Å²) in [6.45, 7) is 2.01. The van der Waals surface area contributed by atoms with Gasteiger partial charge in [0.25, 0.3) is 5.56 Å². The number of aromatic nitrogens is 2. The molecular formula is C28H21N3O5. The lowest BCUT2D eigenvalue weighted by atomic mass is 9.86. The molecule has 0 aliphatic carbocycles. The Morgan fingerprint density at radius 3 is 2.72 bits per heavy atom. The number of hydrogen-bond acceptors (Lipinski definition) is 7. The monoisotopic (exact) mass is 479 g/mol. The zero-order valence-corrected chi connectivity index (χ0v) is 19.4. The van der Waals surface area contributed by atoms with Gasteiger partial charge in [0.1, 0.15) is 25.0 Å². The maximum Gasteiger partial charge on any atom is 0.343 e. The van der Waals surface area contributed by atoms with Gasteiger partial charge < -0.3 is 19.1 Å². The van der Waals surface area contributed by atoms with Crippen LogP contribution in [0.15, 0.2) is 59.4 Å². The molecule has 0 radical (unpaired) electrons. The fourth-order valence-electron chi connectivity index (χ4n) is 5.02. The zero-order chi connectivity index (χ0) is 25.0. The van der Waals surface area contributed by atoms with Gasteiger partial charge >= 0.3 is 5.97 Å². The van der Waals surface area contributed by atoms with Crippen LogP contribution in [0.1, 0.15) is 41.2 Å². The SMILES string of the molecule is CC[C@@]1(O)C(=O)OCc2c1cc1n(c2=O)Cc2c-1nc1ccc(OCc3ccccc3)cc1c2C#N. The largest absolute Gasteiger partial charge is 0.489 e. The van der Waals surface area contributed by atoms with Crippen molar-refractivity contribution in [3.63, 3.8) is 0 Å². The van der Waals surface area contributed by atoms with E-state index in [-0.39, 0.29) is 36.3 Å². The second-order valence-corrected chi connectivity index (χ2v) is 8.98. The van der Waals surface area contributed by atoms with Gasteiger partial charge in [-0.2, -0.15) is 5.26 Å². The summed E-state index contributed by atoms with van der Waals surface area (Å²) >= 11 is 0.